The van der Waals surface area contributed by atoms with Crippen molar-refractivity contribution in [2.45, 2.75) is 39.2 Å². The Morgan fingerprint density at radius 3 is 3.00 bits per heavy atom. The summed E-state index contributed by atoms with van der Waals surface area (Å²) in [4.78, 5) is 11.5. The molecule has 1 aliphatic rings. The summed E-state index contributed by atoms with van der Waals surface area (Å²) in [5, 5.41) is 6.35. The summed E-state index contributed by atoms with van der Waals surface area (Å²) in [6.45, 7) is 6.01. The lowest BCUT2D eigenvalue weighted by Crippen LogP contribution is -2.34. The highest BCUT2D eigenvalue weighted by Crippen LogP contribution is 2.22. The van der Waals surface area contributed by atoms with Crippen molar-refractivity contribution in [2.24, 2.45) is 5.92 Å². The molecule has 1 heterocycles. The molecule has 2 unspecified atom stereocenters. The van der Waals surface area contributed by atoms with E-state index >= 15 is 0 Å². The standard InChI is InChI=1S/C12H24N2OS/c1-3-10(2)14-12(15)4-6-13-8-11-5-7-16-9-11/h10-11,13H,3-9H2,1-2H3,(H,14,15). The molecular formula is C12H24N2OS. The minimum atomic E-state index is 0.169. The molecule has 1 rings (SSSR count). The van der Waals surface area contributed by atoms with Gasteiger partial charge in [0.2, 0.25) is 5.91 Å². The number of thioether (sulfide) groups is 1. The molecule has 0 radical (unpaired) electrons. The van der Waals surface area contributed by atoms with Gasteiger partial charge in [-0.25, -0.2) is 0 Å². The van der Waals surface area contributed by atoms with E-state index in [-0.39, 0.29) is 5.91 Å². The molecule has 0 aromatic rings. The van der Waals surface area contributed by atoms with Crippen molar-refractivity contribution in [3.63, 3.8) is 0 Å². The highest BCUT2D eigenvalue weighted by molar-refractivity contribution is 7.99. The summed E-state index contributed by atoms with van der Waals surface area (Å²) < 4.78 is 0. The number of hydrogen-bond donors (Lipinski definition) is 2. The van der Waals surface area contributed by atoms with Crippen LogP contribution in [-0.4, -0.2) is 36.5 Å². The Bertz CT molecular complexity index is 205. The van der Waals surface area contributed by atoms with Crippen LogP contribution >= 0.6 is 11.8 Å². The third-order valence-corrected chi connectivity index (χ3v) is 4.24. The van der Waals surface area contributed by atoms with E-state index in [1.165, 1.54) is 17.9 Å². The van der Waals surface area contributed by atoms with Gasteiger partial charge in [0, 0.05) is 19.0 Å². The molecule has 0 aliphatic carbocycles. The number of nitrogens with one attached hydrogen (secondary N) is 2. The van der Waals surface area contributed by atoms with E-state index in [0.29, 0.717) is 12.5 Å². The molecule has 1 saturated heterocycles. The molecule has 2 N–H and O–H groups in total. The van der Waals surface area contributed by atoms with E-state index < -0.39 is 0 Å². The predicted octanol–water partition coefficient (Wildman–Crippen LogP) is 1.63. The average molecular weight is 244 g/mol. The molecule has 1 fully saturated rings. The molecule has 3 nitrogen and oxygen atoms in total. The third-order valence-electron chi connectivity index (χ3n) is 3.01. The van der Waals surface area contributed by atoms with Gasteiger partial charge in [-0.05, 0) is 43.7 Å². The molecule has 4 heteroatoms. The first-order valence-electron chi connectivity index (χ1n) is 6.30. The second-order valence-corrected chi connectivity index (χ2v) is 5.71. The molecule has 0 spiro atoms. The Hall–Kier alpha value is -0.220. The SMILES string of the molecule is CCC(C)NC(=O)CCNCC1CCSC1. The van der Waals surface area contributed by atoms with E-state index in [2.05, 4.69) is 17.6 Å². The molecule has 1 aliphatic heterocycles. The first-order chi connectivity index (χ1) is 7.72. The number of hydrogen-bond acceptors (Lipinski definition) is 3. The lowest BCUT2D eigenvalue weighted by Gasteiger charge is -2.12. The first kappa shape index (κ1) is 13.8. The van der Waals surface area contributed by atoms with E-state index in [1.54, 1.807) is 0 Å². The highest BCUT2D eigenvalue weighted by Gasteiger charge is 2.14. The largest absolute Gasteiger partial charge is 0.354 e. The Morgan fingerprint density at radius 2 is 2.38 bits per heavy atom. The Kier molecular flexibility index (Phi) is 6.88. The van der Waals surface area contributed by atoms with E-state index in [1.807, 2.05) is 18.7 Å². The smallest absolute Gasteiger partial charge is 0.221 e. The topological polar surface area (TPSA) is 41.1 Å². The van der Waals surface area contributed by atoms with Crippen LogP contribution in [-0.2, 0) is 4.79 Å². The Morgan fingerprint density at radius 1 is 1.56 bits per heavy atom. The Labute approximate surface area is 103 Å². The van der Waals surface area contributed by atoms with Crippen LogP contribution in [0, 0.1) is 5.92 Å². The number of amides is 1. The van der Waals surface area contributed by atoms with Crippen LogP contribution in [0.25, 0.3) is 0 Å². The van der Waals surface area contributed by atoms with Crippen LogP contribution in [0.2, 0.25) is 0 Å². The first-order valence-corrected chi connectivity index (χ1v) is 7.45. The van der Waals surface area contributed by atoms with Gasteiger partial charge in [-0.15, -0.1) is 0 Å². The van der Waals surface area contributed by atoms with Crippen molar-refractivity contribution in [1.29, 1.82) is 0 Å². The number of carbonyl (C=O) groups is 1. The minimum absolute atomic E-state index is 0.169. The molecular weight excluding hydrogens is 220 g/mol. The molecule has 94 valence electrons. The summed E-state index contributed by atoms with van der Waals surface area (Å²) in [7, 11) is 0. The van der Waals surface area contributed by atoms with E-state index in [0.717, 1.165) is 25.4 Å². The van der Waals surface area contributed by atoms with Gasteiger partial charge in [-0.3, -0.25) is 4.79 Å². The fourth-order valence-electron chi connectivity index (χ4n) is 1.70. The Balaban J connectivity index is 1.95. The zero-order chi connectivity index (χ0) is 11.8. The molecule has 1 amide bonds. The second-order valence-electron chi connectivity index (χ2n) is 4.56. The van der Waals surface area contributed by atoms with Gasteiger partial charge >= 0.3 is 0 Å². The highest BCUT2D eigenvalue weighted by atomic mass is 32.2. The number of rotatable bonds is 7. The summed E-state index contributed by atoms with van der Waals surface area (Å²) in [5.41, 5.74) is 0. The normalized spacial score (nSPS) is 22.0. The summed E-state index contributed by atoms with van der Waals surface area (Å²) >= 11 is 2.04. The van der Waals surface area contributed by atoms with Gasteiger partial charge in [0.15, 0.2) is 0 Å². The van der Waals surface area contributed by atoms with Crippen LogP contribution in [0.15, 0.2) is 0 Å². The van der Waals surface area contributed by atoms with Gasteiger partial charge in [-0.1, -0.05) is 6.92 Å². The van der Waals surface area contributed by atoms with Crippen LogP contribution in [0.3, 0.4) is 0 Å². The van der Waals surface area contributed by atoms with Crippen molar-refractivity contribution in [1.82, 2.24) is 10.6 Å². The average Bonchev–Trinajstić information content (AvgIpc) is 2.77. The lowest BCUT2D eigenvalue weighted by atomic mass is 10.1. The molecule has 2 atom stereocenters. The fourth-order valence-corrected chi connectivity index (χ4v) is 2.99. The zero-order valence-corrected chi connectivity index (χ0v) is 11.2. The molecule has 0 aromatic heterocycles. The summed E-state index contributed by atoms with van der Waals surface area (Å²) in [5.74, 6) is 3.58. The van der Waals surface area contributed by atoms with Gasteiger partial charge in [0.05, 0.1) is 0 Å². The van der Waals surface area contributed by atoms with Gasteiger partial charge in [-0.2, -0.15) is 11.8 Å². The van der Waals surface area contributed by atoms with Crippen molar-refractivity contribution < 1.29 is 4.79 Å². The maximum atomic E-state index is 11.5. The molecule has 16 heavy (non-hydrogen) atoms. The van der Waals surface area contributed by atoms with Crippen molar-refractivity contribution >= 4 is 17.7 Å². The maximum Gasteiger partial charge on any atom is 0.221 e. The molecule has 0 saturated carbocycles. The summed E-state index contributed by atoms with van der Waals surface area (Å²) in [6.07, 6.45) is 2.93. The van der Waals surface area contributed by atoms with Gasteiger partial charge < -0.3 is 10.6 Å². The minimum Gasteiger partial charge on any atom is -0.354 e. The van der Waals surface area contributed by atoms with E-state index in [4.69, 9.17) is 0 Å². The third kappa shape index (κ3) is 5.75. The zero-order valence-electron chi connectivity index (χ0n) is 10.4. The van der Waals surface area contributed by atoms with Crippen LogP contribution in [0.4, 0.5) is 0 Å². The van der Waals surface area contributed by atoms with Crippen LogP contribution in [0.5, 0.6) is 0 Å². The monoisotopic (exact) mass is 244 g/mol. The van der Waals surface area contributed by atoms with Crippen LogP contribution < -0.4 is 10.6 Å². The van der Waals surface area contributed by atoms with Crippen molar-refractivity contribution in [2.75, 3.05) is 24.6 Å². The fraction of sp³-hybridized carbons (Fsp3) is 0.917. The molecule has 0 bridgehead atoms. The quantitative estimate of drug-likeness (QED) is 0.669. The maximum absolute atomic E-state index is 11.5. The van der Waals surface area contributed by atoms with E-state index in [9.17, 15) is 4.79 Å². The van der Waals surface area contributed by atoms with Crippen molar-refractivity contribution in [3.05, 3.63) is 0 Å². The lowest BCUT2D eigenvalue weighted by molar-refractivity contribution is -0.121. The predicted molar refractivity (Wildman–Crippen MR) is 70.8 cm³/mol. The molecule has 0 aromatic carbocycles. The van der Waals surface area contributed by atoms with Gasteiger partial charge in [0.25, 0.3) is 0 Å². The van der Waals surface area contributed by atoms with Crippen molar-refractivity contribution in [3.8, 4) is 0 Å². The second kappa shape index (κ2) is 7.96. The van der Waals surface area contributed by atoms with Crippen LogP contribution in [0.1, 0.15) is 33.1 Å². The van der Waals surface area contributed by atoms with Gasteiger partial charge in [0.1, 0.15) is 0 Å². The number of carbonyl (C=O) groups excluding carboxylic acids is 1. The summed E-state index contributed by atoms with van der Waals surface area (Å²) in [6, 6.07) is 0.304.